The summed E-state index contributed by atoms with van der Waals surface area (Å²) in [7, 11) is -2.04. The number of nitrogens with zero attached hydrogens (tertiary/aromatic N) is 1. The number of nitrogens with one attached hydrogen (secondary N) is 1. The maximum Gasteiger partial charge on any atom is 0.343 e. The summed E-state index contributed by atoms with van der Waals surface area (Å²) in [5.41, 5.74) is 5.88. The standard InChI is InChI=1S/C32H35N2O5P/c1-23-14-15-27(22-24(23)2)33-40(36,37-3)29-17-16-28(30(29)34-18-20-38-21-19-34)31(25-10-6-4-7-11-25)39-32(35)26-12-8-5-9-13-26/h4-15,22H,16-21H2,1-3H3,(H,33,36)/b31-28-/t40-/m0/s1. The van der Waals surface area contributed by atoms with E-state index in [1.54, 1.807) is 12.1 Å². The van der Waals surface area contributed by atoms with Gasteiger partial charge in [0.25, 0.3) is 0 Å². The monoisotopic (exact) mass is 558 g/mol. The number of benzene rings is 3. The van der Waals surface area contributed by atoms with Crippen LogP contribution in [-0.4, -0.2) is 44.3 Å². The van der Waals surface area contributed by atoms with Gasteiger partial charge in [0.05, 0.1) is 29.8 Å². The fourth-order valence-corrected chi connectivity index (χ4v) is 7.02. The molecular weight excluding hydrogens is 523 g/mol. The van der Waals surface area contributed by atoms with Gasteiger partial charge < -0.3 is 24.0 Å². The fraction of sp³-hybridized carbons (Fsp3) is 0.281. The molecular formula is C32H35N2O5P. The van der Waals surface area contributed by atoms with Crippen molar-refractivity contribution in [1.82, 2.24) is 4.90 Å². The van der Waals surface area contributed by atoms with Crippen LogP contribution < -0.4 is 5.09 Å². The number of hydrogen-bond acceptors (Lipinski definition) is 6. The maximum absolute atomic E-state index is 14.6. The van der Waals surface area contributed by atoms with E-state index in [0.717, 1.165) is 33.6 Å². The molecule has 208 valence electrons. The number of anilines is 1. The lowest BCUT2D eigenvalue weighted by atomic mass is 10.0. The predicted molar refractivity (Wildman–Crippen MR) is 158 cm³/mol. The molecule has 1 fully saturated rings. The number of allylic oxidation sites excluding steroid dienone is 2. The molecule has 1 heterocycles. The Kier molecular flexibility index (Phi) is 8.55. The van der Waals surface area contributed by atoms with Crippen molar-refractivity contribution in [1.29, 1.82) is 0 Å². The van der Waals surface area contributed by atoms with Crippen LogP contribution in [0.25, 0.3) is 5.76 Å². The van der Waals surface area contributed by atoms with E-state index in [0.29, 0.717) is 55.8 Å². The number of hydrogen-bond donors (Lipinski definition) is 1. The van der Waals surface area contributed by atoms with E-state index in [2.05, 4.69) is 9.99 Å². The molecule has 5 rings (SSSR count). The molecule has 7 nitrogen and oxygen atoms in total. The Morgan fingerprint density at radius 1 is 0.875 bits per heavy atom. The Balaban J connectivity index is 1.65. The highest BCUT2D eigenvalue weighted by Gasteiger charge is 2.40. The second-order valence-corrected chi connectivity index (χ2v) is 12.2. The van der Waals surface area contributed by atoms with Crippen LogP contribution in [0.4, 0.5) is 5.69 Å². The number of ether oxygens (including phenoxy) is 2. The molecule has 0 amide bonds. The van der Waals surface area contributed by atoms with Crippen molar-refractivity contribution in [2.45, 2.75) is 26.7 Å². The fourth-order valence-electron chi connectivity index (χ4n) is 5.14. The van der Waals surface area contributed by atoms with Crippen LogP contribution in [0.1, 0.15) is 39.9 Å². The Hall–Kier alpha value is -3.64. The van der Waals surface area contributed by atoms with Crippen molar-refractivity contribution in [3.05, 3.63) is 118 Å². The van der Waals surface area contributed by atoms with E-state index < -0.39 is 13.5 Å². The molecule has 0 aromatic heterocycles. The van der Waals surface area contributed by atoms with Crippen LogP contribution in [-0.2, 0) is 18.6 Å². The highest BCUT2D eigenvalue weighted by molar-refractivity contribution is 7.65. The molecule has 1 aliphatic heterocycles. The number of rotatable bonds is 8. The molecule has 2 aliphatic rings. The van der Waals surface area contributed by atoms with Gasteiger partial charge in [-0.1, -0.05) is 54.6 Å². The lowest BCUT2D eigenvalue weighted by Crippen LogP contribution is -2.36. The van der Waals surface area contributed by atoms with Crippen LogP contribution >= 0.6 is 7.52 Å². The summed E-state index contributed by atoms with van der Waals surface area (Å²) < 4.78 is 32.2. The molecule has 0 saturated carbocycles. The van der Waals surface area contributed by atoms with Crippen LogP contribution in [0, 0.1) is 13.8 Å². The van der Waals surface area contributed by atoms with Gasteiger partial charge in [-0.05, 0) is 62.1 Å². The van der Waals surface area contributed by atoms with Crippen molar-refractivity contribution in [3.8, 4) is 0 Å². The summed E-state index contributed by atoms with van der Waals surface area (Å²) in [4.78, 5) is 15.5. The Morgan fingerprint density at radius 3 is 2.15 bits per heavy atom. The van der Waals surface area contributed by atoms with Gasteiger partial charge in [-0.2, -0.15) is 0 Å². The van der Waals surface area contributed by atoms with Crippen molar-refractivity contribution in [2.75, 3.05) is 38.5 Å². The van der Waals surface area contributed by atoms with Gasteiger partial charge in [0.15, 0.2) is 0 Å². The van der Waals surface area contributed by atoms with E-state index >= 15 is 0 Å². The summed E-state index contributed by atoms with van der Waals surface area (Å²) in [6.45, 7) is 6.44. The molecule has 1 aliphatic carbocycles. The van der Waals surface area contributed by atoms with Crippen molar-refractivity contribution >= 4 is 24.9 Å². The summed E-state index contributed by atoms with van der Waals surface area (Å²) in [5.74, 6) is 0.0321. The summed E-state index contributed by atoms with van der Waals surface area (Å²) in [6, 6.07) is 24.5. The third-order valence-corrected chi connectivity index (χ3v) is 9.62. The number of morpholine rings is 1. The Bertz CT molecular complexity index is 1480. The minimum Gasteiger partial charge on any atom is -0.422 e. The lowest BCUT2D eigenvalue weighted by molar-refractivity contribution is 0.0544. The first-order valence-electron chi connectivity index (χ1n) is 13.5. The maximum atomic E-state index is 14.6. The van der Waals surface area contributed by atoms with Gasteiger partial charge in [-0.25, -0.2) is 4.79 Å². The van der Waals surface area contributed by atoms with Gasteiger partial charge in [0, 0.05) is 37.0 Å². The van der Waals surface area contributed by atoms with E-state index in [9.17, 15) is 9.36 Å². The third-order valence-electron chi connectivity index (χ3n) is 7.41. The first kappa shape index (κ1) is 27.9. The molecule has 1 saturated heterocycles. The summed E-state index contributed by atoms with van der Waals surface area (Å²) in [5, 5.41) is 3.93. The molecule has 1 atom stereocenters. The molecule has 40 heavy (non-hydrogen) atoms. The zero-order valence-corrected chi connectivity index (χ0v) is 24.1. The normalized spacial score (nSPS) is 18.3. The molecule has 3 aromatic carbocycles. The molecule has 0 unspecified atom stereocenters. The van der Waals surface area contributed by atoms with Crippen LogP contribution in [0.2, 0.25) is 0 Å². The highest BCUT2D eigenvalue weighted by Crippen LogP contribution is 2.61. The van der Waals surface area contributed by atoms with Gasteiger partial charge in [-0.3, -0.25) is 4.57 Å². The molecule has 3 aromatic rings. The van der Waals surface area contributed by atoms with E-state index in [1.807, 2.05) is 80.6 Å². The topological polar surface area (TPSA) is 77.1 Å². The number of aryl methyl sites for hydroxylation is 2. The minimum atomic E-state index is -3.52. The second kappa shape index (κ2) is 12.3. The van der Waals surface area contributed by atoms with E-state index in [4.69, 9.17) is 14.0 Å². The van der Waals surface area contributed by atoms with Crippen LogP contribution in [0.15, 0.2) is 95.4 Å². The Morgan fingerprint density at radius 2 is 1.52 bits per heavy atom. The quantitative estimate of drug-likeness (QED) is 0.179. The average Bonchev–Trinajstić information content (AvgIpc) is 3.45. The molecule has 1 N–H and O–H groups in total. The number of carbonyl (C=O) groups excluding carboxylic acids is 1. The van der Waals surface area contributed by atoms with E-state index in [-0.39, 0.29) is 0 Å². The molecule has 0 spiro atoms. The number of esters is 1. The smallest absolute Gasteiger partial charge is 0.343 e. The third kappa shape index (κ3) is 5.92. The number of carbonyl (C=O) groups is 1. The SMILES string of the molecule is CO[P@](=O)(Nc1ccc(C)c(C)c1)C1=C(N2CCOCC2)/C(=C(\OC(=O)c2ccccc2)c2ccccc2)CC1. The molecule has 0 radical (unpaired) electrons. The highest BCUT2D eigenvalue weighted by atomic mass is 31.2. The Labute approximate surface area is 236 Å². The molecule has 8 heteroatoms. The van der Waals surface area contributed by atoms with Gasteiger partial charge in [-0.15, -0.1) is 0 Å². The van der Waals surface area contributed by atoms with Gasteiger partial charge >= 0.3 is 13.5 Å². The van der Waals surface area contributed by atoms with E-state index in [1.165, 1.54) is 7.11 Å². The predicted octanol–water partition coefficient (Wildman–Crippen LogP) is 7.16. The first-order chi connectivity index (χ1) is 19.4. The first-order valence-corrected chi connectivity index (χ1v) is 15.2. The lowest BCUT2D eigenvalue weighted by Gasteiger charge is -2.33. The minimum absolute atomic E-state index is 0.440. The van der Waals surface area contributed by atoms with Crippen LogP contribution in [0.3, 0.4) is 0 Å². The van der Waals surface area contributed by atoms with Crippen LogP contribution in [0.5, 0.6) is 0 Å². The second-order valence-electron chi connectivity index (χ2n) is 9.97. The van der Waals surface area contributed by atoms with Crippen molar-refractivity contribution < 1.29 is 23.4 Å². The van der Waals surface area contributed by atoms with Gasteiger partial charge in [0.2, 0.25) is 0 Å². The molecule has 0 bridgehead atoms. The largest absolute Gasteiger partial charge is 0.422 e. The van der Waals surface area contributed by atoms with Gasteiger partial charge in [0.1, 0.15) is 5.76 Å². The average molecular weight is 559 g/mol. The van der Waals surface area contributed by atoms with Crippen molar-refractivity contribution in [3.63, 3.8) is 0 Å². The van der Waals surface area contributed by atoms with Crippen molar-refractivity contribution in [2.24, 2.45) is 0 Å². The zero-order valence-electron chi connectivity index (χ0n) is 23.2. The zero-order chi connectivity index (χ0) is 28.1. The summed E-state index contributed by atoms with van der Waals surface area (Å²) >= 11 is 0. The summed E-state index contributed by atoms with van der Waals surface area (Å²) in [6.07, 6.45) is 1.06.